The first-order valence-corrected chi connectivity index (χ1v) is 6.18. The van der Waals surface area contributed by atoms with E-state index in [1.54, 1.807) is 13.0 Å². The lowest BCUT2D eigenvalue weighted by Gasteiger charge is -2.07. The highest BCUT2D eigenvalue weighted by molar-refractivity contribution is 9.10. The SMILES string of the molecule is Cc1ccc(/C=C/C(=O)N[C@@H](C)CO)c(Br)c1. The van der Waals surface area contributed by atoms with Gasteiger partial charge in [-0.05, 0) is 37.1 Å². The molecule has 1 atom stereocenters. The van der Waals surface area contributed by atoms with Crippen LogP contribution in [0.5, 0.6) is 0 Å². The maximum absolute atomic E-state index is 11.4. The zero-order chi connectivity index (χ0) is 12.8. The number of carbonyl (C=O) groups is 1. The highest BCUT2D eigenvalue weighted by atomic mass is 79.9. The van der Waals surface area contributed by atoms with E-state index in [4.69, 9.17) is 5.11 Å². The zero-order valence-corrected chi connectivity index (χ0v) is 11.5. The van der Waals surface area contributed by atoms with Gasteiger partial charge in [-0.15, -0.1) is 0 Å². The molecule has 0 unspecified atom stereocenters. The van der Waals surface area contributed by atoms with Gasteiger partial charge in [-0.1, -0.05) is 28.1 Å². The summed E-state index contributed by atoms with van der Waals surface area (Å²) >= 11 is 3.44. The molecule has 1 aromatic carbocycles. The molecule has 4 heteroatoms. The first kappa shape index (κ1) is 13.9. The van der Waals surface area contributed by atoms with Gasteiger partial charge < -0.3 is 10.4 Å². The van der Waals surface area contributed by atoms with Crippen molar-refractivity contribution < 1.29 is 9.90 Å². The Morgan fingerprint density at radius 1 is 1.59 bits per heavy atom. The molecule has 0 fully saturated rings. The first-order valence-electron chi connectivity index (χ1n) is 5.38. The molecule has 0 radical (unpaired) electrons. The fourth-order valence-corrected chi connectivity index (χ4v) is 1.89. The lowest BCUT2D eigenvalue weighted by Crippen LogP contribution is -2.33. The van der Waals surface area contributed by atoms with E-state index in [0.717, 1.165) is 15.6 Å². The number of nitrogens with one attached hydrogen (secondary N) is 1. The maximum atomic E-state index is 11.4. The standard InChI is InChI=1S/C13H16BrNO2/c1-9-3-4-11(12(14)7-9)5-6-13(17)15-10(2)8-16/h3-7,10,16H,8H2,1-2H3,(H,15,17)/b6-5+/t10-/m0/s1. The number of aliphatic hydroxyl groups is 1. The van der Waals surface area contributed by atoms with E-state index < -0.39 is 0 Å². The van der Waals surface area contributed by atoms with Crippen LogP contribution in [-0.4, -0.2) is 23.7 Å². The minimum Gasteiger partial charge on any atom is -0.394 e. The molecule has 0 heterocycles. The van der Waals surface area contributed by atoms with Crippen molar-refractivity contribution in [2.45, 2.75) is 19.9 Å². The van der Waals surface area contributed by atoms with E-state index in [1.807, 2.05) is 25.1 Å². The number of carbonyl (C=O) groups excluding carboxylic acids is 1. The molecule has 0 saturated heterocycles. The van der Waals surface area contributed by atoms with Crippen LogP contribution >= 0.6 is 15.9 Å². The van der Waals surface area contributed by atoms with Crippen molar-refractivity contribution in [2.24, 2.45) is 0 Å². The molecule has 1 aromatic rings. The lowest BCUT2D eigenvalue weighted by atomic mass is 10.1. The van der Waals surface area contributed by atoms with E-state index in [2.05, 4.69) is 21.2 Å². The number of amides is 1. The molecule has 0 saturated carbocycles. The molecule has 17 heavy (non-hydrogen) atoms. The Hall–Kier alpha value is -1.13. The minimum atomic E-state index is -0.228. The lowest BCUT2D eigenvalue weighted by molar-refractivity contribution is -0.117. The van der Waals surface area contributed by atoms with Gasteiger partial charge in [-0.3, -0.25) is 4.79 Å². The number of hydrogen-bond acceptors (Lipinski definition) is 2. The quantitative estimate of drug-likeness (QED) is 0.838. The summed E-state index contributed by atoms with van der Waals surface area (Å²) < 4.78 is 0.955. The number of hydrogen-bond donors (Lipinski definition) is 2. The second-order valence-corrected chi connectivity index (χ2v) is 4.80. The van der Waals surface area contributed by atoms with E-state index in [0.29, 0.717) is 0 Å². The number of rotatable bonds is 4. The average Bonchev–Trinajstić information content (AvgIpc) is 2.27. The average molecular weight is 298 g/mol. The third kappa shape index (κ3) is 4.71. The number of aliphatic hydroxyl groups excluding tert-OH is 1. The van der Waals surface area contributed by atoms with Gasteiger partial charge in [0, 0.05) is 16.6 Å². The van der Waals surface area contributed by atoms with E-state index in [1.165, 1.54) is 6.08 Å². The van der Waals surface area contributed by atoms with Gasteiger partial charge in [-0.2, -0.15) is 0 Å². The highest BCUT2D eigenvalue weighted by Gasteiger charge is 2.02. The van der Waals surface area contributed by atoms with Crippen LogP contribution in [0, 0.1) is 6.92 Å². The molecule has 0 aliphatic rings. The normalized spacial score (nSPS) is 12.7. The molecule has 3 nitrogen and oxygen atoms in total. The summed E-state index contributed by atoms with van der Waals surface area (Å²) in [5.41, 5.74) is 2.11. The Balaban J connectivity index is 2.67. The van der Waals surface area contributed by atoms with Crippen LogP contribution in [0.15, 0.2) is 28.7 Å². The second kappa shape index (κ2) is 6.57. The summed E-state index contributed by atoms with van der Waals surface area (Å²) in [6.07, 6.45) is 3.20. The van der Waals surface area contributed by atoms with Gasteiger partial charge in [0.25, 0.3) is 0 Å². The monoisotopic (exact) mass is 297 g/mol. The van der Waals surface area contributed by atoms with Crippen LogP contribution in [0.25, 0.3) is 6.08 Å². The van der Waals surface area contributed by atoms with Gasteiger partial charge in [0.15, 0.2) is 0 Å². The van der Waals surface area contributed by atoms with Crippen molar-refractivity contribution in [1.82, 2.24) is 5.32 Å². The topological polar surface area (TPSA) is 49.3 Å². The summed E-state index contributed by atoms with van der Waals surface area (Å²) in [4.78, 5) is 11.4. The Kier molecular flexibility index (Phi) is 5.38. The Bertz CT molecular complexity index is 429. The summed E-state index contributed by atoms with van der Waals surface area (Å²) in [6.45, 7) is 3.69. The predicted octanol–water partition coefficient (Wildman–Crippen LogP) is 2.27. The molecule has 0 bridgehead atoms. The van der Waals surface area contributed by atoms with Gasteiger partial charge >= 0.3 is 0 Å². The van der Waals surface area contributed by atoms with Crippen LogP contribution in [-0.2, 0) is 4.79 Å². The van der Waals surface area contributed by atoms with Gasteiger partial charge in [0.05, 0.1) is 6.61 Å². The molecule has 0 spiro atoms. The number of aryl methyl sites for hydroxylation is 1. The second-order valence-electron chi connectivity index (χ2n) is 3.95. The molecule has 92 valence electrons. The van der Waals surface area contributed by atoms with Crippen molar-refractivity contribution in [3.63, 3.8) is 0 Å². The molecule has 1 amide bonds. The van der Waals surface area contributed by atoms with Crippen LogP contribution in [0.1, 0.15) is 18.1 Å². The van der Waals surface area contributed by atoms with Crippen LogP contribution in [0.2, 0.25) is 0 Å². The van der Waals surface area contributed by atoms with E-state index in [-0.39, 0.29) is 18.6 Å². The molecule has 0 aliphatic carbocycles. The van der Waals surface area contributed by atoms with Gasteiger partial charge in [0.2, 0.25) is 5.91 Å². The fourth-order valence-electron chi connectivity index (χ4n) is 1.27. The summed E-state index contributed by atoms with van der Waals surface area (Å²) in [6, 6.07) is 5.69. The highest BCUT2D eigenvalue weighted by Crippen LogP contribution is 2.19. The molecule has 2 N–H and O–H groups in total. The molecular formula is C13H16BrNO2. The van der Waals surface area contributed by atoms with Crippen molar-refractivity contribution in [1.29, 1.82) is 0 Å². The van der Waals surface area contributed by atoms with E-state index in [9.17, 15) is 4.79 Å². The van der Waals surface area contributed by atoms with Crippen LogP contribution in [0.4, 0.5) is 0 Å². The molecule has 0 aliphatic heterocycles. The van der Waals surface area contributed by atoms with Crippen molar-refractivity contribution in [3.05, 3.63) is 39.9 Å². The Morgan fingerprint density at radius 2 is 2.29 bits per heavy atom. The Morgan fingerprint density at radius 3 is 2.88 bits per heavy atom. The smallest absolute Gasteiger partial charge is 0.244 e. The van der Waals surface area contributed by atoms with Crippen molar-refractivity contribution >= 4 is 27.9 Å². The fraction of sp³-hybridized carbons (Fsp3) is 0.308. The summed E-state index contributed by atoms with van der Waals surface area (Å²) in [5.74, 6) is -0.209. The van der Waals surface area contributed by atoms with Crippen molar-refractivity contribution in [3.8, 4) is 0 Å². The first-order chi connectivity index (χ1) is 8.02. The summed E-state index contributed by atoms with van der Waals surface area (Å²) in [5, 5.41) is 11.4. The van der Waals surface area contributed by atoms with E-state index >= 15 is 0 Å². The third-order valence-electron chi connectivity index (χ3n) is 2.23. The van der Waals surface area contributed by atoms with Crippen LogP contribution in [0.3, 0.4) is 0 Å². The van der Waals surface area contributed by atoms with Gasteiger partial charge in [0.1, 0.15) is 0 Å². The third-order valence-corrected chi connectivity index (χ3v) is 2.92. The maximum Gasteiger partial charge on any atom is 0.244 e. The molecule has 1 rings (SSSR count). The Labute approximate surface area is 110 Å². The number of benzene rings is 1. The summed E-state index contributed by atoms with van der Waals surface area (Å²) in [7, 11) is 0. The van der Waals surface area contributed by atoms with Gasteiger partial charge in [-0.25, -0.2) is 0 Å². The largest absolute Gasteiger partial charge is 0.394 e. The molecule has 0 aromatic heterocycles. The van der Waals surface area contributed by atoms with Crippen LogP contribution < -0.4 is 5.32 Å². The zero-order valence-electron chi connectivity index (χ0n) is 9.90. The van der Waals surface area contributed by atoms with Crippen molar-refractivity contribution in [2.75, 3.05) is 6.61 Å². The minimum absolute atomic E-state index is 0.0617. The molecular weight excluding hydrogens is 282 g/mol. The predicted molar refractivity (Wildman–Crippen MR) is 72.6 cm³/mol. The number of halogens is 1.